The highest BCUT2D eigenvalue weighted by molar-refractivity contribution is 6.15. The van der Waals surface area contributed by atoms with Gasteiger partial charge in [0, 0.05) is 5.70 Å². The van der Waals surface area contributed by atoms with Crippen LogP contribution in [0, 0.1) is 0 Å². The molecule has 1 aliphatic carbocycles. The lowest BCUT2D eigenvalue weighted by atomic mass is 9.77. The van der Waals surface area contributed by atoms with Crippen LogP contribution < -0.4 is 5.43 Å². The first-order valence-electron chi connectivity index (χ1n) is 7.60. The van der Waals surface area contributed by atoms with Crippen LogP contribution in [-0.4, -0.2) is 16.8 Å². The minimum atomic E-state index is -1.08. The normalized spacial score (nSPS) is 25.8. The average Bonchev–Trinajstić information content (AvgIpc) is 2.81. The summed E-state index contributed by atoms with van der Waals surface area (Å²) in [4.78, 5) is 25.6. The number of hydrogen-bond acceptors (Lipinski definition) is 2. The molecule has 2 aliphatic rings. The van der Waals surface area contributed by atoms with Crippen molar-refractivity contribution in [2.75, 3.05) is 0 Å². The molecule has 4 heteroatoms. The van der Waals surface area contributed by atoms with Crippen LogP contribution in [0.5, 0.6) is 0 Å². The molecule has 4 nitrogen and oxygen atoms in total. The number of hydrogen-bond donors (Lipinski definition) is 1. The van der Waals surface area contributed by atoms with Crippen LogP contribution >= 0.6 is 0 Å². The topological polar surface area (TPSA) is 49.4 Å². The highest BCUT2D eigenvalue weighted by Gasteiger charge is 2.55. The van der Waals surface area contributed by atoms with Gasteiger partial charge in [0.15, 0.2) is 5.41 Å². The van der Waals surface area contributed by atoms with Gasteiger partial charge in [-0.25, -0.2) is 5.01 Å². The van der Waals surface area contributed by atoms with Crippen LogP contribution in [-0.2, 0) is 15.0 Å². The molecule has 1 aromatic carbocycles. The maximum absolute atomic E-state index is 13.0. The first kappa shape index (κ1) is 13.9. The van der Waals surface area contributed by atoms with Gasteiger partial charge in [-0.3, -0.25) is 15.0 Å². The molecule has 0 spiro atoms. The predicted molar refractivity (Wildman–Crippen MR) is 80.0 cm³/mol. The molecule has 1 atom stereocenters. The van der Waals surface area contributed by atoms with Gasteiger partial charge >= 0.3 is 0 Å². The van der Waals surface area contributed by atoms with E-state index in [1.807, 2.05) is 37.3 Å². The number of nitrogens with one attached hydrogen (secondary N) is 1. The van der Waals surface area contributed by atoms with Crippen molar-refractivity contribution in [3.8, 4) is 0 Å². The van der Waals surface area contributed by atoms with E-state index in [-0.39, 0.29) is 11.8 Å². The third kappa shape index (κ3) is 2.06. The van der Waals surface area contributed by atoms with Gasteiger partial charge in [-0.1, -0.05) is 43.3 Å². The van der Waals surface area contributed by atoms with Gasteiger partial charge in [-0.2, -0.15) is 0 Å². The largest absolute Gasteiger partial charge is 0.272 e. The first-order chi connectivity index (χ1) is 10.2. The Morgan fingerprint density at radius 1 is 1.19 bits per heavy atom. The van der Waals surface area contributed by atoms with E-state index in [0.717, 1.165) is 36.9 Å². The Kier molecular flexibility index (Phi) is 3.53. The molecule has 1 aromatic rings. The Labute approximate surface area is 124 Å². The number of nitrogens with zero attached hydrogens (tertiary/aromatic N) is 1. The summed E-state index contributed by atoms with van der Waals surface area (Å²) in [6.07, 6.45) is 6.57. The maximum Gasteiger partial charge on any atom is 0.265 e. The second-order valence-electron chi connectivity index (χ2n) is 5.65. The molecule has 0 saturated carbocycles. The van der Waals surface area contributed by atoms with Crippen LogP contribution in [0.15, 0.2) is 42.1 Å². The lowest BCUT2D eigenvalue weighted by Gasteiger charge is -2.25. The van der Waals surface area contributed by atoms with Gasteiger partial charge in [0.2, 0.25) is 0 Å². The van der Waals surface area contributed by atoms with Crippen molar-refractivity contribution < 1.29 is 9.59 Å². The van der Waals surface area contributed by atoms with E-state index >= 15 is 0 Å². The lowest BCUT2D eigenvalue weighted by molar-refractivity contribution is -0.133. The van der Waals surface area contributed by atoms with Gasteiger partial charge in [0.25, 0.3) is 11.8 Å². The summed E-state index contributed by atoms with van der Waals surface area (Å²) >= 11 is 0. The quantitative estimate of drug-likeness (QED) is 0.868. The number of rotatable bonds is 3. The SMILES string of the molecule is CCC1(c2ccccc2)C(=O)NN(C2=CCCCC2)C1=O. The van der Waals surface area contributed by atoms with Crippen LogP contribution in [0.2, 0.25) is 0 Å². The molecule has 1 aliphatic heterocycles. The summed E-state index contributed by atoms with van der Waals surface area (Å²) in [6, 6.07) is 9.36. The third-order valence-electron chi connectivity index (χ3n) is 4.52. The minimum absolute atomic E-state index is 0.144. The zero-order valence-electron chi connectivity index (χ0n) is 12.3. The second kappa shape index (κ2) is 5.35. The Hall–Kier alpha value is -2.10. The van der Waals surface area contributed by atoms with Crippen LogP contribution in [0.3, 0.4) is 0 Å². The van der Waals surface area contributed by atoms with Crippen molar-refractivity contribution >= 4 is 11.8 Å². The molecule has 2 amide bonds. The fraction of sp³-hybridized carbons (Fsp3) is 0.412. The van der Waals surface area contributed by atoms with Crippen LogP contribution in [0.1, 0.15) is 44.6 Å². The molecule has 1 heterocycles. The summed E-state index contributed by atoms with van der Waals surface area (Å²) in [5, 5.41) is 1.48. The van der Waals surface area contributed by atoms with E-state index in [9.17, 15) is 9.59 Å². The van der Waals surface area contributed by atoms with Crippen molar-refractivity contribution in [3.05, 3.63) is 47.7 Å². The van der Waals surface area contributed by atoms with Gasteiger partial charge in [0.05, 0.1) is 0 Å². The molecular weight excluding hydrogens is 264 g/mol. The van der Waals surface area contributed by atoms with Crippen molar-refractivity contribution in [2.24, 2.45) is 0 Å². The number of allylic oxidation sites excluding steroid dienone is 2. The molecule has 3 rings (SSSR count). The lowest BCUT2D eigenvalue weighted by Crippen LogP contribution is -2.40. The molecule has 21 heavy (non-hydrogen) atoms. The van der Waals surface area contributed by atoms with E-state index in [2.05, 4.69) is 11.5 Å². The zero-order valence-corrected chi connectivity index (χ0v) is 12.3. The summed E-state index contributed by atoms with van der Waals surface area (Å²) in [6.45, 7) is 1.89. The van der Waals surface area contributed by atoms with Crippen molar-refractivity contribution in [3.63, 3.8) is 0 Å². The fourth-order valence-corrected chi connectivity index (χ4v) is 3.26. The Bertz CT molecular complexity index is 594. The molecule has 1 unspecified atom stereocenters. The van der Waals surface area contributed by atoms with Gasteiger partial charge in [-0.05, 0) is 37.7 Å². The highest BCUT2D eigenvalue weighted by atomic mass is 16.2. The Morgan fingerprint density at radius 3 is 2.57 bits per heavy atom. The van der Waals surface area contributed by atoms with Gasteiger partial charge < -0.3 is 0 Å². The summed E-state index contributed by atoms with van der Waals surface area (Å²) < 4.78 is 0. The monoisotopic (exact) mass is 284 g/mol. The fourth-order valence-electron chi connectivity index (χ4n) is 3.26. The smallest absolute Gasteiger partial charge is 0.265 e. The number of benzene rings is 1. The standard InChI is InChI=1S/C17H20N2O2/c1-2-17(13-9-5-3-6-10-13)15(20)18-19(16(17)21)14-11-7-4-8-12-14/h3,5-6,9-11H,2,4,7-8,12H2,1H3,(H,18,20). The highest BCUT2D eigenvalue weighted by Crippen LogP contribution is 2.37. The Balaban J connectivity index is 2.01. The third-order valence-corrected chi connectivity index (χ3v) is 4.52. The predicted octanol–water partition coefficient (Wildman–Crippen LogP) is 2.67. The summed E-state index contributed by atoms with van der Waals surface area (Å²) in [5.74, 6) is -0.359. The molecular formula is C17H20N2O2. The second-order valence-corrected chi connectivity index (χ2v) is 5.65. The minimum Gasteiger partial charge on any atom is -0.272 e. The first-order valence-corrected chi connectivity index (χ1v) is 7.60. The maximum atomic E-state index is 13.0. The molecule has 0 bridgehead atoms. The molecule has 1 saturated heterocycles. The van der Waals surface area contributed by atoms with E-state index in [1.54, 1.807) is 0 Å². The van der Waals surface area contributed by atoms with Crippen LogP contribution in [0.4, 0.5) is 0 Å². The molecule has 1 fully saturated rings. The molecule has 1 N–H and O–H groups in total. The molecule has 110 valence electrons. The van der Waals surface area contributed by atoms with Crippen molar-refractivity contribution in [1.29, 1.82) is 0 Å². The van der Waals surface area contributed by atoms with Crippen molar-refractivity contribution in [2.45, 2.75) is 44.4 Å². The number of amides is 2. The van der Waals surface area contributed by atoms with E-state index < -0.39 is 5.41 Å². The molecule has 0 aromatic heterocycles. The zero-order chi connectivity index (χ0) is 14.9. The van der Waals surface area contributed by atoms with E-state index in [1.165, 1.54) is 5.01 Å². The summed E-state index contributed by atoms with van der Waals surface area (Å²) in [5.41, 5.74) is 3.41. The Morgan fingerprint density at radius 2 is 1.95 bits per heavy atom. The average molecular weight is 284 g/mol. The molecule has 0 radical (unpaired) electrons. The van der Waals surface area contributed by atoms with Crippen molar-refractivity contribution in [1.82, 2.24) is 10.4 Å². The van der Waals surface area contributed by atoms with E-state index in [0.29, 0.717) is 6.42 Å². The van der Waals surface area contributed by atoms with Gasteiger partial charge in [-0.15, -0.1) is 0 Å². The number of hydrazine groups is 1. The van der Waals surface area contributed by atoms with Crippen LogP contribution in [0.25, 0.3) is 0 Å². The number of carbonyl (C=O) groups excluding carboxylic acids is 2. The number of carbonyl (C=O) groups is 2. The summed E-state index contributed by atoms with van der Waals surface area (Å²) in [7, 11) is 0. The van der Waals surface area contributed by atoms with Gasteiger partial charge in [0.1, 0.15) is 0 Å². The van der Waals surface area contributed by atoms with E-state index in [4.69, 9.17) is 0 Å².